The number of hydrogen-bond acceptors (Lipinski definition) is 5. The summed E-state index contributed by atoms with van der Waals surface area (Å²) in [6.45, 7) is 9.42. The highest BCUT2D eigenvalue weighted by molar-refractivity contribution is 5.65. The van der Waals surface area contributed by atoms with E-state index in [9.17, 15) is 4.79 Å². The molecule has 6 nitrogen and oxygen atoms in total. The van der Waals surface area contributed by atoms with Crippen molar-refractivity contribution in [2.75, 3.05) is 26.8 Å². The molecule has 2 atom stereocenters. The number of hydrogen-bond donors (Lipinski definition) is 2. The topological polar surface area (TPSA) is 82.8 Å². The fourth-order valence-corrected chi connectivity index (χ4v) is 5.12. The number of nitrogens with one attached hydrogen (secondary N) is 1. The molecule has 1 amide bonds. The van der Waals surface area contributed by atoms with Crippen LogP contribution in [0.5, 0.6) is 11.5 Å². The SMILES string of the molecule is CC1CCC(OC(N)=O)(C(C)C)CC1.COc1cccc2c1[C@@H]1CCNC[C@H]1CO2. The molecule has 1 aromatic carbocycles. The molecule has 3 N–H and O–H groups in total. The Bertz CT molecular complexity index is 699. The van der Waals surface area contributed by atoms with Crippen LogP contribution in [0.2, 0.25) is 0 Å². The number of benzene rings is 1. The van der Waals surface area contributed by atoms with E-state index in [0.29, 0.717) is 17.8 Å². The van der Waals surface area contributed by atoms with Gasteiger partial charge in [-0.2, -0.15) is 0 Å². The molecule has 2 fully saturated rings. The van der Waals surface area contributed by atoms with Crippen molar-refractivity contribution < 1.29 is 19.0 Å². The molecule has 6 heteroatoms. The Hall–Kier alpha value is -1.95. The lowest BCUT2D eigenvalue weighted by Gasteiger charge is -2.41. The summed E-state index contributed by atoms with van der Waals surface area (Å²) in [5, 5.41) is 3.43. The van der Waals surface area contributed by atoms with Crippen molar-refractivity contribution in [3.8, 4) is 11.5 Å². The lowest BCUT2D eigenvalue weighted by molar-refractivity contribution is -0.0545. The van der Waals surface area contributed by atoms with Gasteiger partial charge in [0.15, 0.2) is 0 Å². The second-order valence-electron chi connectivity index (χ2n) is 9.37. The first-order valence-corrected chi connectivity index (χ1v) is 11.3. The van der Waals surface area contributed by atoms with Gasteiger partial charge in [0.2, 0.25) is 0 Å². The van der Waals surface area contributed by atoms with Crippen LogP contribution >= 0.6 is 0 Å². The summed E-state index contributed by atoms with van der Waals surface area (Å²) in [4.78, 5) is 10.9. The Balaban J connectivity index is 0.000000173. The lowest BCUT2D eigenvalue weighted by atomic mass is 9.73. The van der Waals surface area contributed by atoms with Gasteiger partial charge in [-0.1, -0.05) is 26.8 Å². The van der Waals surface area contributed by atoms with Crippen LogP contribution in [0.4, 0.5) is 4.79 Å². The van der Waals surface area contributed by atoms with E-state index in [1.807, 2.05) is 12.1 Å². The zero-order chi connectivity index (χ0) is 21.7. The third kappa shape index (κ3) is 5.02. The first-order chi connectivity index (χ1) is 14.4. The fourth-order valence-electron chi connectivity index (χ4n) is 5.12. The molecule has 0 unspecified atom stereocenters. The molecule has 0 radical (unpaired) electrons. The number of carbonyl (C=O) groups is 1. The number of piperidine rings is 1. The highest BCUT2D eigenvalue weighted by Crippen LogP contribution is 2.45. The van der Waals surface area contributed by atoms with Crippen LogP contribution in [0.3, 0.4) is 0 Å². The predicted octanol–water partition coefficient (Wildman–Crippen LogP) is 4.47. The van der Waals surface area contributed by atoms with Crippen molar-refractivity contribution in [1.29, 1.82) is 0 Å². The molecular formula is C24H38N2O4. The standard InChI is InChI=1S/C13H17NO2.C11H21NO2/c1-15-11-3-2-4-12-13(11)10-5-6-14-7-9(10)8-16-12;1-8(2)11(14-10(12)13)6-4-9(3)5-7-11/h2-4,9-10,14H,5-8H2,1H3;8-9H,4-7H2,1-3H3,(H2,12,13)/t9-,10+;/m0./s1. The van der Waals surface area contributed by atoms with Gasteiger partial charge in [0, 0.05) is 18.0 Å². The first kappa shape index (κ1) is 22.7. The molecule has 1 aliphatic carbocycles. The summed E-state index contributed by atoms with van der Waals surface area (Å²) in [6.07, 6.45) is 4.72. The second-order valence-corrected chi connectivity index (χ2v) is 9.37. The molecule has 1 aromatic rings. The second kappa shape index (κ2) is 9.90. The quantitative estimate of drug-likeness (QED) is 0.757. The maximum Gasteiger partial charge on any atom is 0.405 e. The number of rotatable bonds is 3. The van der Waals surface area contributed by atoms with Crippen LogP contribution in [0, 0.1) is 17.8 Å². The van der Waals surface area contributed by atoms with Gasteiger partial charge in [-0.05, 0) is 68.5 Å². The largest absolute Gasteiger partial charge is 0.496 e. The van der Waals surface area contributed by atoms with E-state index in [4.69, 9.17) is 19.9 Å². The van der Waals surface area contributed by atoms with E-state index in [2.05, 4.69) is 32.2 Å². The van der Waals surface area contributed by atoms with Gasteiger partial charge in [0.25, 0.3) is 0 Å². The van der Waals surface area contributed by atoms with Gasteiger partial charge in [0.05, 0.1) is 13.7 Å². The van der Waals surface area contributed by atoms with Crippen molar-refractivity contribution in [3.05, 3.63) is 23.8 Å². The van der Waals surface area contributed by atoms with Crippen LogP contribution in [-0.4, -0.2) is 38.5 Å². The van der Waals surface area contributed by atoms with Crippen LogP contribution in [0.15, 0.2) is 18.2 Å². The Labute approximate surface area is 180 Å². The Morgan fingerprint density at radius 1 is 1.27 bits per heavy atom. The van der Waals surface area contributed by atoms with Gasteiger partial charge in [-0.3, -0.25) is 0 Å². The molecule has 2 heterocycles. The van der Waals surface area contributed by atoms with E-state index >= 15 is 0 Å². The Morgan fingerprint density at radius 3 is 2.63 bits per heavy atom. The average Bonchev–Trinajstić information content (AvgIpc) is 2.75. The molecule has 4 rings (SSSR count). The third-order valence-electron chi connectivity index (χ3n) is 7.15. The van der Waals surface area contributed by atoms with Crippen LogP contribution in [0.1, 0.15) is 64.4 Å². The average molecular weight is 419 g/mol. The van der Waals surface area contributed by atoms with Crippen molar-refractivity contribution in [2.45, 2.75) is 64.4 Å². The monoisotopic (exact) mass is 418 g/mol. The van der Waals surface area contributed by atoms with Gasteiger partial charge >= 0.3 is 6.09 Å². The van der Waals surface area contributed by atoms with E-state index in [1.165, 1.54) is 12.0 Å². The maximum atomic E-state index is 10.9. The molecule has 2 aliphatic heterocycles. The summed E-state index contributed by atoms with van der Waals surface area (Å²) in [5.41, 5.74) is 6.11. The molecule has 3 aliphatic rings. The minimum absolute atomic E-state index is 0.293. The zero-order valence-corrected chi connectivity index (χ0v) is 18.9. The summed E-state index contributed by atoms with van der Waals surface area (Å²) < 4.78 is 16.6. The van der Waals surface area contributed by atoms with Crippen molar-refractivity contribution in [3.63, 3.8) is 0 Å². The van der Waals surface area contributed by atoms with Gasteiger partial charge in [-0.15, -0.1) is 0 Å². The summed E-state index contributed by atoms with van der Waals surface area (Å²) in [6, 6.07) is 6.09. The molecule has 1 saturated heterocycles. The lowest BCUT2D eigenvalue weighted by Crippen LogP contribution is -2.44. The van der Waals surface area contributed by atoms with Crippen LogP contribution in [0.25, 0.3) is 0 Å². The van der Waals surface area contributed by atoms with Crippen molar-refractivity contribution in [2.24, 2.45) is 23.5 Å². The normalized spacial score (nSPS) is 30.1. The number of amides is 1. The van der Waals surface area contributed by atoms with Crippen LogP contribution in [-0.2, 0) is 4.74 Å². The minimum Gasteiger partial charge on any atom is -0.496 e. The summed E-state index contributed by atoms with van der Waals surface area (Å²) in [5.74, 6) is 4.29. The van der Waals surface area contributed by atoms with Gasteiger partial charge < -0.3 is 25.3 Å². The van der Waals surface area contributed by atoms with Crippen molar-refractivity contribution >= 4 is 6.09 Å². The summed E-state index contributed by atoms with van der Waals surface area (Å²) in [7, 11) is 1.74. The predicted molar refractivity (Wildman–Crippen MR) is 118 cm³/mol. The molecule has 0 spiro atoms. The van der Waals surface area contributed by atoms with E-state index in [-0.39, 0.29) is 5.60 Å². The number of ether oxygens (including phenoxy) is 3. The number of carbonyl (C=O) groups excluding carboxylic acids is 1. The fraction of sp³-hybridized carbons (Fsp3) is 0.708. The van der Waals surface area contributed by atoms with Gasteiger partial charge in [0.1, 0.15) is 17.1 Å². The molecule has 0 aromatic heterocycles. The Kier molecular flexibility index (Phi) is 7.50. The molecule has 30 heavy (non-hydrogen) atoms. The third-order valence-corrected chi connectivity index (χ3v) is 7.15. The first-order valence-electron chi connectivity index (χ1n) is 11.3. The Morgan fingerprint density at radius 2 is 2.00 bits per heavy atom. The minimum atomic E-state index is -0.631. The highest BCUT2D eigenvalue weighted by atomic mass is 16.6. The smallest absolute Gasteiger partial charge is 0.405 e. The number of primary amides is 1. The summed E-state index contributed by atoms with van der Waals surface area (Å²) >= 11 is 0. The van der Waals surface area contributed by atoms with E-state index < -0.39 is 6.09 Å². The number of fused-ring (bicyclic) bond motifs is 3. The molecule has 0 bridgehead atoms. The van der Waals surface area contributed by atoms with E-state index in [1.54, 1.807) is 7.11 Å². The maximum absolute atomic E-state index is 10.9. The van der Waals surface area contributed by atoms with Crippen LogP contribution < -0.4 is 20.5 Å². The van der Waals surface area contributed by atoms with E-state index in [0.717, 1.165) is 62.8 Å². The molecular weight excluding hydrogens is 380 g/mol. The van der Waals surface area contributed by atoms with Gasteiger partial charge in [-0.25, -0.2) is 4.79 Å². The zero-order valence-electron chi connectivity index (χ0n) is 18.9. The molecule has 1 saturated carbocycles. The number of nitrogens with two attached hydrogens (primary N) is 1. The highest BCUT2D eigenvalue weighted by Gasteiger charge is 2.40. The van der Waals surface area contributed by atoms with Crippen molar-refractivity contribution in [1.82, 2.24) is 5.32 Å². The number of methoxy groups -OCH3 is 1. The molecule has 168 valence electrons.